The Bertz CT molecular complexity index is 2570. The van der Waals surface area contributed by atoms with Gasteiger partial charge in [-0.15, -0.1) is 0 Å². The van der Waals surface area contributed by atoms with Crippen LogP contribution in [0.25, 0.3) is 0 Å². The van der Waals surface area contributed by atoms with Crippen molar-refractivity contribution in [2.24, 2.45) is 10.8 Å². The Hall–Kier alpha value is -6.33. The number of carbonyl (C=O) groups is 3. The molecule has 0 saturated heterocycles. The molecule has 0 saturated carbocycles. The lowest BCUT2D eigenvalue weighted by molar-refractivity contribution is -0.168. The van der Waals surface area contributed by atoms with E-state index in [1.807, 2.05) is 190 Å². The van der Waals surface area contributed by atoms with Gasteiger partial charge in [0.05, 0.1) is 16.4 Å². The van der Waals surface area contributed by atoms with E-state index in [1.165, 1.54) is 27.8 Å². The summed E-state index contributed by atoms with van der Waals surface area (Å²) in [6, 6.07) is 38.3. The van der Waals surface area contributed by atoms with Gasteiger partial charge in [0.25, 0.3) is 0 Å². The van der Waals surface area contributed by atoms with Gasteiger partial charge >= 0.3 is 17.9 Å². The van der Waals surface area contributed by atoms with Gasteiger partial charge in [0, 0.05) is 6.61 Å². The summed E-state index contributed by atoms with van der Waals surface area (Å²) in [5.74, 6) is 4.36. The molecule has 0 radical (unpaired) electrons. The molecule has 0 spiro atoms. The molecule has 0 aliphatic carbocycles. The van der Waals surface area contributed by atoms with Crippen molar-refractivity contribution < 1.29 is 53.4 Å². The minimum Gasteiger partial charge on any atom is -0.508 e. The fraction of sp³-hybridized carbons (Fsp3) is 0.588. The van der Waals surface area contributed by atoms with Gasteiger partial charge in [-0.05, 0) is 266 Å². The maximum atomic E-state index is 11.8. The van der Waals surface area contributed by atoms with E-state index in [0.717, 1.165) is 57.1 Å². The normalized spacial score (nSPS) is 13.2. The van der Waals surface area contributed by atoms with Gasteiger partial charge in [0.2, 0.25) is 0 Å². The quantitative estimate of drug-likeness (QED) is 0.0365. The first-order valence-corrected chi connectivity index (χ1v) is 33.7. The van der Waals surface area contributed by atoms with Gasteiger partial charge in [-0.2, -0.15) is 0 Å². The first-order valence-electron chi connectivity index (χ1n) is 33.7. The average Bonchev–Trinajstić information content (AvgIpc) is 1.64. The third-order valence-corrected chi connectivity index (χ3v) is 16.2. The maximum Gasteiger partial charge on any atom is 0.338 e. The molecule has 0 aliphatic rings. The zero-order valence-corrected chi connectivity index (χ0v) is 62.0. The first kappa shape index (κ1) is 86.7. The number of esters is 3. The lowest BCUT2D eigenvalue weighted by Crippen LogP contribution is -2.34. The Morgan fingerprint density at radius 1 is 0.363 bits per heavy atom. The van der Waals surface area contributed by atoms with Crippen LogP contribution in [0.1, 0.15) is 306 Å². The minimum atomic E-state index is -0.438. The van der Waals surface area contributed by atoms with Crippen LogP contribution in [0.2, 0.25) is 0 Å². The number of carbonyl (C=O) groups excluding carboxylic acids is 3. The number of phenols is 3. The SMILES string of the molecule is CCC(C)(C)C(=O)OC(C)(C)C.CCC(C)(C)OC(=O)C(C)(C)CC.CCC(C)c1ccc(C(=O)OC(C)(C)C)cc1.CCC(C)c1ccc(O)cc1.CCC(C)c1ccc(O)cc1.CCC(C)c1ccc(O)cc1.CCOC(C)Oc1ccc(C(C)CC)cc1. The monoisotopic (exact) mass is 1260 g/mol. The fourth-order valence-electron chi connectivity index (χ4n) is 7.37. The van der Waals surface area contributed by atoms with Crippen molar-refractivity contribution >= 4 is 17.9 Å². The summed E-state index contributed by atoms with van der Waals surface area (Å²) in [6.07, 6.45) is 7.98. The molecule has 3 N–H and O–H groups in total. The molecule has 0 aliphatic heterocycles. The van der Waals surface area contributed by atoms with Crippen LogP contribution in [0, 0.1) is 10.8 Å². The van der Waals surface area contributed by atoms with Gasteiger partial charge < -0.3 is 39.0 Å². The van der Waals surface area contributed by atoms with E-state index < -0.39 is 5.60 Å². The number of benzene rings is 5. The number of rotatable bonds is 21. The van der Waals surface area contributed by atoms with Gasteiger partial charge in [-0.1, -0.05) is 151 Å². The highest BCUT2D eigenvalue weighted by Crippen LogP contribution is 2.29. The van der Waals surface area contributed by atoms with E-state index in [-0.39, 0.29) is 46.2 Å². The summed E-state index contributed by atoms with van der Waals surface area (Å²) in [5, 5.41) is 27.0. The molecular formula is C80H128O11. The third-order valence-electron chi connectivity index (χ3n) is 16.2. The summed E-state index contributed by atoms with van der Waals surface area (Å²) in [6.45, 7) is 55.2. The lowest BCUT2D eigenvalue weighted by atomic mass is 9.90. The first-order chi connectivity index (χ1) is 42.1. The zero-order chi connectivity index (χ0) is 70.5. The van der Waals surface area contributed by atoms with Crippen LogP contribution >= 0.6 is 0 Å². The molecule has 0 amide bonds. The molecule has 0 heterocycles. The van der Waals surface area contributed by atoms with Crippen LogP contribution < -0.4 is 4.74 Å². The van der Waals surface area contributed by atoms with E-state index in [4.69, 9.17) is 39.0 Å². The highest BCUT2D eigenvalue weighted by Gasteiger charge is 2.32. The van der Waals surface area contributed by atoms with Crippen molar-refractivity contribution in [1.82, 2.24) is 0 Å². The highest BCUT2D eigenvalue weighted by molar-refractivity contribution is 5.89. The number of hydrogen-bond acceptors (Lipinski definition) is 11. The smallest absolute Gasteiger partial charge is 0.338 e. The topological polar surface area (TPSA) is 158 Å². The second-order valence-corrected chi connectivity index (χ2v) is 27.6. The van der Waals surface area contributed by atoms with Crippen molar-refractivity contribution in [2.75, 3.05) is 6.61 Å². The van der Waals surface area contributed by atoms with E-state index in [2.05, 4.69) is 81.4 Å². The van der Waals surface area contributed by atoms with Crippen molar-refractivity contribution in [2.45, 2.75) is 291 Å². The molecule has 6 unspecified atom stereocenters. The van der Waals surface area contributed by atoms with E-state index >= 15 is 0 Å². The minimum absolute atomic E-state index is 0.0955. The molecule has 514 valence electrons. The number of ether oxygens (including phenoxy) is 5. The van der Waals surface area contributed by atoms with Crippen LogP contribution in [-0.2, 0) is 28.5 Å². The summed E-state index contributed by atoms with van der Waals surface area (Å²) >= 11 is 0. The average molecular weight is 1270 g/mol. The van der Waals surface area contributed by atoms with Gasteiger partial charge in [0.1, 0.15) is 39.8 Å². The van der Waals surface area contributed by atoms with Crippen LogP contribution in [0.15, 0.2) is 121 Å². The molecule has 11 nitrogen and oxygen atoms in total. The Labute approximate surface area is 554 Å². The van der Waals surface area contributed by atoms with Crippen LogP contribution in [0.3, 0.4) is 0 Å². The van der Waals surface area contributed by atoms with E-state index in [9.17, 15) is 14.4 Å². The molecular weight excluding hydrogens is 1140 g/mol. The van der Waals surface area contributed by atoms with Crippen molar-refractivity contribution in [1.29, 1.82) is 0 Å². The Balaban J connectivity index is 0. The molecule has 5 aromatic rings. The number of phenolic OH excluding ortho intramolecular Hbond substituents is 3. The zero-order valence-electron chi connectivity index (χ0n) is 62.0. The maximum absolute atomic E-state index is 11.8. The molecule has 6 atom stereocenters. The third kappa shape index (κ3) is 38.3. The fourth-order valence-corrected chi connectivity index (χ4v) is 7.37. The summed E-state index contributed by atoms with van der Waals surface area (Å²) in [7, 11) is 0. The summed E-state index contributed by atoms with van der Waals surface area (Å²) < 4.78 is 26.9. The van der Waals surface area contributed by atoms with E-state index in [0.29, 0.717) is 59.0 Å². The van der Waals surface area contributed by atoms with Gasteiger partial charge in [0.15, 0.2) is 6.29 Å². The predicted octanol–water partition coefficient (Wildman–Crippen LogP) is 22.8. The molecule has 5 aromatic carbocycles. The van der Waals surface area contributed by atoms with Crippen molar-refractivity contribution in [3.8, 4) is 23.0 Å². The molecule has 0 aromatic heterocycles. The van der Waals surface area contributed by atoms with Crippen LogP contribution in [0.5, 0.6) is 23.0 Å². The Morgan fingerprint density at radius 3 is 0.868 bits per heavy atom. The van der Waals surface area contributed by atoms with Gasteiger partial charge in [-0.3, -0.25) is 9.59 Å². The second-order valence-electron chi connectivity index (χ2n) is 27.6. The summed E-state index contributed by atoms with van der Waals surface area (Å²) in [5.41, 5.74) is 5.28. The van der Waals surface area contributed by atoms with Gasteiger partial charge in [-0.25, -0.2) is 4.79 Å². The second kappa shape index (κ2) is 43.5. The van der Waals surface area contributed by atoms with Crippen molar-refractivity contribution in [3.05, 3.63) is 155 Å². The number of hydrogen-bond donors (Lipinski definition) is 3. The standard InChI is InChI=1S/C15H22O2.C14H22O2.C11H22O2.C10H20O2.3C10H14O/c1-6-11(2)12-7-9-13(10-8-12)14(16)17-15(3,4)5;1-5-11(3)13-7-9-14(10-8-13)16-12(4)15-6-2;1-7-10(3,4)9(12)13-11(5,6)8-2;1-7-10(5,6)8(11)12-9(2,3)4;3*1-3-8(2)9-4-6-10(11)7-5-9/h7-11H,6H2,1-5H3;7-12H,5-6H2,1-4H3;7-8H2,1-6H3;7H2,1-6H3;3*4-8,11H,3H2,1-2H3. The highest BCUT2D eigenvalue weighted by atomic mass is 16.7. The predicted molar refractivity (Wildman–Crippen MR) is 382 cm³/mol. The molecule has 5 rings (SSSR count). The van der Waals surface area contributed by atoms with E-state index in [1.54, 1.807) is 36.4 Å². The van der Waals surface area contributed by atoms with Crippen LogP contribution in [0.4, 0.5) is 0 Å². The largest absolute Gasteiger partial charge is 0.508 e. The Kier molecular flexibility index (Phi) is 41.4. The molecule has 91 heavy (non-hydrogen) atoms. The molecule has 0 bridgehead atoms. The molecule has 11 heteroatoms. The molecule has 0 fully saturated rings. The lowest BCUT2D eigenvalue weighted by Gasteiger charge is -2.29. The summed E-state index contributed by atoms with van der Waals surface area (Å²) in [4.78, 5) is 34.9. The van der Waals surface area contributed by atoms with Crippen molar-refractivity contribution in [3.63, 3.8) is 0 Å². The number of aromatic hydroxyl groups is 3. The van der Waals surface area contributed by atoms with Crippen LogP contribution in [-0.4, -0.2) is 62.9 Å². The Morgan fingerprint density at radius 2 is 0.626 bits per heavy atom.